The van der Waals surface area contributed by atoms with Gasteiger partial charge in [-0.2, -0.15) is 0 Å². The van der Waals surface area contributed by atoms with E-state index in [0.717, 1.165) is 45.3 Å². The summed E-state index contributed by atoms with van der Waals surface area (Å²) in [7, 11) is 0. The number of benzene rings is 4. The minimum Gasteiger partial charge on any atom is -0.489 e. The van der Waals surface area contributed by atoms with Gasteiger partial charge in [0.25, 0.3) is 0 Å². The van der Waals surface area contributed by atoms with Gasteiger partial charge in [0.1, 0.15) is 18.2 Å². The molecule has 2 aliphatic rings. The first-order valence-corrected chi connectivity index (χ1v) is 12.4. The maximum atomic E-state index is 14.0. The van der Waals surface area contributed by atoms with Crippen LogP contribution >= 0.6 is 0 Å². The van der Waals surface area contributed by atoms with E-state index in [1.54, 1.807) is 18.2 Å². The van der Waals surface area contributed by atoms with Crippen molar-refractivity contribution in [1.82, 2.24) is 0 Å². The Labute approximate surface area is 210 Å². The molecule has 0 fully saturated rings. The summed E-state index contributed by atoms with van der Waals surface area (Å²) in [6, 6.07) is 27.2. The van der Waals surface area contributed by atoms with Crippen molar-refractivity contribution < 1.29 is 13.9 Å². The summed E-state index contributed by atoms with van der Waals surface area (Å²) in [6.45, 7) is 4.47. The molecule has 0 radical (unpaired) electrons. The van der Waals surface area contributed by atoms with E-state index in [9.17, 15) is 9.18 Å². The molecule has 0 saturated heterocycles. The van der Waals surface area contributed by atoms with Crippen molar-refractivity contribution in [2.45, 2.75) is 39.2 Å². The number of anilines is 1. The van der Waals surface area contributed by atoms with Crippen LogP contribution in [0.3, 0.4) is 0 Å². The number of ether oxygens (including phenoxy) is 1. The van der Waals surface area contributed by atoms with Crippen LogP contribution < -0.4 is 10.1 Å². The van der Waals surface area contributed by atoms with Gasteiger partial charge >= 0.3 is 0 Å². The van der Waals surface area contributed by atoms with Gasteiger partial charge in [-0.15, -0.1) is 0 Å². The number of hydrogen-bond acceptors (Lipinski definition) is 3. The lowest BCUT2D eigenvalue weighted by molar-refractivity contribution is -0.118. The number of hydrogen-bond donors (Lipinski definition) is 1. The minimum absolute atomic E-state index is 0.0772. The fourth-order valence-corrected chi connectivity index (χ4v) is 5.67. The summed E-state index contributed by atoms with van der Waals surface area (Å²) >= 11 is 0. The van der Waals surface area contributed by atoms with Gasteiger partial charge in [-0.1, -0.05) is 74.5 Å². The molecule has 4 aromatic rings. The second-order valence-electron chi connectivity index (χ2n) is 10.6. The van der Waals surface area contributed by atoms with E-state index in [-0.39, 0.29) is 29.5 Å². The molecule has 1 aliphatic heterocycles. The molecule has 0 aromatic heterocycles. The van der Waals surface area contributed by atoms with E-state index < -0.39 is 0 Å². The van der Waals surface area contributed by atoms with Crippen molar-refractivity contribution in [1.29, 1.82) is 0 Å². The quantitative estimate of drug-likeness (QED) is 0.326. The van der Waals surface area contributed by atoms with Crippen molar-refractivity contribution in [2.24, 2.45) is 5.41 Å². The number of fused-ring (bicyclic) bond motifs is 3. The third-order valence-electron chi connectivity index (χ3n) is 7.32. The largest absolute Gasteiger partial charge is 0.489 e. The molecule has 180 valence electrons. The molecule has 1 aliphatic carbocycles. The van der Waals surface area contributed by atoms with Crippen molar-refractivity contribution >= 4 is 22.2 Å². The predicted molar refractivity (Wildman–Crippen MR) is 142 cm³/mol. The van der Waals surface area contributed by atoms with Gasteiger partial charge < -0.3 is 10.1 Å². The summed E-state index contributed by atoms with van der Waals surface area (Å²) in [5.74, 6) is 0.439. The third-order valence-corrected chi connectivity index (χ3v) is 7.32. The highest BCUT2D eigenvalue weighted by atomic mass is 19.1. The lowest BCUT2D eigenvalue weighted by atomic mass is 9.68. The Balaban J connectivity index is 1.42. The van der Waals surface area contributed by atoms with Gasteiger partial charge in [-0.3, -0.25) is 4.79 Å². The minimum atomic E-state index is -0.273. The summed E-state index contributed by atoms with van der Waals surface area (Å²) in [4.78, 5) is 13.6. The zero-order valence-corrected chi connectivity index (χ0v) is 20.5. The number of rotatable bonds is 4. The molecule has 1 unspecified atom stereocenters. The molecule has 1 atom stereocenters. The van der Waals surface area contributed by atoms with Gasteiger partial charge in [0, 0.05) is 34.9 Å². The molecule has 3 nitrogen and oxygen atoms in total. The molecule has 36 heavy (non-hydrogen) atoms. The molecule has 4 heteroatoms. The number of carbonyl (C=O) groups excluding carboxylic acids is 1. The van der Waals surface area contributed by atoms with Crippen LogP contribution in [0.2, 0.25) is 0 Å². The summed E-state index contributed by atoms with van der Waals surface area (Å²) in [5.41, 5.74) is 5.59. The molecule has 4 aromatic carbocycles. The normalized spacial score (nSPS) is 18.4. The molecule has 0 bridgehead atoms. The molecule has 6 rings (SSSR count). The topological polar surface area (TPSA) is 38.3 Å². The Morgan fingerprint density at radius 2 is 1.67 bits per heavy atom. The Kier molecular flexibility index (Phi) is 5.40. The van der Waals surface area contributed by atoms with Gasteiger partial charge in [0.05, 0.1) is 0 Å². The first-order chi connectivity index (χ1) is 17.4. The zero-order chi connectivity index (χ0) is 24.9. The number of ketones is 1. The number of allylic oxidation sites excluding steroid dienone is 2. The van der Waals surface area contributed by atoms with E-state index >= 15 is 0 Å². The fourth-order valence-electron chi connectivity index (χ4n) is 5.67. The lowest BCUT2D eigenvalue weighted by Gasteiger charge is -2.40. The van der Waals surface area contributed by atoms with Crippen LogP contribution in [-0.4, -0.2) is 5.78 Å². The highest BCUT2D eigenvalue weighted by Crippen LogP contribution is 2.50. The third kappa shape index (κ3) is 3.97. The maximum Gasteiger partial charge on any atom is 0.162 e. The highest BCUT2D eigenvalue weighted by Gasteiger charge is 2.41. The average molecular weight is 478 g/mol. The summed E-state index contributed by atoms with van der Waals surface area (Å²) in [5, 5.41) is 5.93. The monoisotopic (exact) mass is 477 g/mol. The summed E-state index contributed by atoms with van der Waals surface area (Å²) in [6.07, 6.45) is 1.37. The van der Waals surface area contributed by atoms with Crippen LogP contribution in [-0.2, 0) is 11.4 Å². The Bertz CT molecular complexity index is 1520. The Morgan fingerprint density at radius 3 is 2.47 bits per heavy atom. The number of nitrogens with one attached hydrogen (secondary N) is 1. The van der Waals surface area contributed by atoms with E-state index in [1.165, 1.54) is 6.07 Å². The predicted octanol–water partition coefficient (Wildman–Crippen LogP) is 7.76. The van der Waals surface area contributed by atoms with E-state index in [1.807, 2.05) is 30.3 Å². The first-order valence-electron chi connectivity index (χ1n) is 12.4. The smallest absolute Gasteiger partial charge is 0.162 e. The molecule has 0 spiro atoms. The van der Waals surface area contributed by atoms with Crippen LogP contribution in [0.15, 0.2) is 96.2 Å². The van der Waals surface area contributed by atoms with Crippen LogP contribution in [0.5, 0.6) is 5.75 Å². The Hall–Kier alpha value is -3.92. The molecular formula is C32H28FNO2. The second-order valence-corrected chi connectivity index (χ2v) is 10.6. The average Bonchev–Trinajstić information content (AvgIpc) is 2.86. The first kappa shape index (κ1) is 22.5. The highest BCUT2D eigenvalue weighted by molar-refractivity contribution is 6.04. The maximum absolute atomic E-state index is 14.0. The number of carbonyl (C=O) groups is 1. The fraction of sp³-hybridized carbons (Fsp3) is 0.219. The van der Waals surface area contributed by atoms with E-state index in [2.05, 4.69) is 49.5 Å². The van der Waals surface area contributed by atoms with Gasteiger partial charge in [-0.25, -0.2) is 4.39 Å². The standard InChI is InChI=1S/C32H28FNO2/c1-32(2)17-27-31(28(35)18-32)29(30-24-9-5-3-7-20(24)13-16-26(30)34-27)21-11-14-23(15-12-21)36-19-22-8-4-6-10-25(22)33/h3-16,29,34H,17-19H2,1-2H3. The second kappa shape index (κ2) is 8.63. The van der Waals surface area contributed by atoms with Crippen molar-refractivity contribution in [2.75, 3.05) is 5.32 Å². The van der Waals surface area contributed by atoms with Gasteiger partial charge in [-0.05, 0) is 58.0 Å². The van der Waals surface area contributed by atoms with Crippen molar-refractivity contribution in [3.8, 4) is 5.75 Å². The number of halogens is 1. The van der Waals surface area contributed by atoms with E-state index in [0.29, 0.717) is 17.7 Å². The van der Waals surface area contributed by atoms with Crippen LogP contribution in [0.4, 0.5) is 10.1 Å². The molecular weight excluding hydrogens is 449 g/mol. The Morgan fingerprint density at radius 1 is 0.917 bits per heavy atom. The SMILES string of the molecule is CC1(C)CC(=O)C2=C(C1)Nc1ccc3ccccc3c1C2c1ccc(OCc2ccccc2F)cc1. The molecule has 0 saturated carbocycles. The molecule has 1 N–H and O–H groups in total. The van der Waals surface area contributed by atoms with Crippen LogP contribution in [0.25, 0.3) is 10.8 Å². The lowest BCUT2D eigenvalue weighted by Crippen LogP contribution is -2.33. The van der Waals surface area contributed by atoms with Gasteiger partial charge in [0.2, 0.25) is 0 Å². The molecule has 0 amide bonds. The number of Topliss-reactive ketones (excluding diaryl/α,β-unsaturated/α-hetero) is 1. The van der Waals surface area contributed by atoms with Gasteiger partial charge in [0.15, 0.2) is 5.78 Å². The van der Waals surface area contributed by atoms with Crippen molar-refractivity contribution in [3.63, 3.8) is 0 Å². The van der Waals surface area contributed by atoms with E-state index in [4.69, 9.17) is 4.74 Å². The van der Waals surface area contributed by atoms with Crippen molar-refractivity contribution in [3.05, 3.63) is 119 Å². The zero-order valence-electron chi connectivity index (χ0n) is 20.5. The summed E-state index contributed by atoms with van der Waals surface area (Å²) < 4.78 is 19.9. The van der Waals surface area contributed by atoms with Crippen LogP contribution in [0, 0.1) is 11.2 Å². The molecule has 1 heterocycles. The van der Waals surface area contributed by atoms with Crippen LogP contribution in [0.1, 0.15) is 49.3 Å².